The van der Waals surface area contributed by atoms with E-state index in [2.05, 4.69) is 39.8 Å². The van der Waals surface area contributed by atoms with Crippen LogP contribution in [0.15, 0.2) is 23.8 Å². The molecule has 10 atom stereocenters. The van der Waals surface area contributed by atoms with Crippen molar-refractivity contribution in [2.75, 3.05) is 13.2 Å². The number of hydrogen-bond acceptors (Lipinski definition) is 5. The summed E-state index contributed by atoms with van der Waals surface area (Å²) in [5.41, 5.74) is -0.0948. The van der Waals surface area contributed by atoms with E-state index in [1.165, 1.54) is 5.57 Å². The first kappa shape index (κ1) is 22.5. The molecule has 0 radical (unpaired) electrons. The van der Waals surface area contributed by atoms with Crippen molar-refractivity contribution in [1.29, 1.82) is 0 Å². The van der Waals surface area contributed by atoms with E-state index < -0.39 is 11.4 Å². The predicted molar refractivity (Wildman–Crippen MR) is 124 cm³/mol. The van der Waals surface area contributed by atoms with Crippen LogP contribution in [-0.2, 0) is 14.3 Å². The summed E-state index contributed by atoms with van der Waals surface area (Å²) in [5.74, 6) is 0.689. The van der Waals surface area contributed by atoms with Gasteiger partial charge in [0.2, 0.25) is 0 Å². The van der Waals surface area contributed by atoms with Crippen molar-refractivity contribution in [3.05, 3.63) is 23.8 Å². The number of ether oxygens (including phenoxy) is 2. The SMILES string of the molecule is C[C@@H]1[C@@]2(CC[C@@](C)(CO)CO2)O[C@H]2C[C@H]3[C@@H]4C=CC5=CC(=O)CC[C@]5(C)[C@H]4CC[C@]3(C)[C@]21O. The van der Waals surface area contributed by atoms with Crippen molar-refractivity contribution in [2.45, 2.75) is 90.1 Å². The minimum atomic E-state index is -0.914. The van der Waals surface area contributed by atoms with Gasteiger partial charge in [-0.1, -0.05) is 39.8 Å². The molecule has 33 heavy (non-hydrogen) atoms. The molecule has 6 aliphatic rings. The number of aliphatic hydroxyl groups excluding tert-OH is 1. The molecule has 1 spiro atoms. The lowest BCUT2D eigenvalue weighted by Crippen LogP contribution is -2.60. The zero-order chi connectivity index (χ0) is 23.4. The summed E-state index contributed by atoms with van der Waals surface area (Å²) in [6.07, 6.45) is 12.3. The van der Waals surface area contributed by atoms with E-state index in [1.807, 2.05) is 6.08 Å². The molecule has 0 unspecified atom stereocenters. The monoisotopic (exact) mass is 456 g/mol. The Balaban J connectivity index is 1.32. The van der Waals surface area contributed by atoms with Gasteiger partial charge in [-0.2, -0.15) is 0 Å². The average molecular weight is 457 g/mol. The number of hydrogen-bond donors (Lipinski definition) is 2. The standard InChI is InChI=1S/C28H40O5/c1-17-27(12-11-24(2,15-29)16-32-27)33-23-14-22-20-6-5-18-13-19(30)7-9-25(18,3)21(20)8-10-26(22,4)28(17,23)31/h5-6,13,17,20-23,29,31H,7-12,14-16H2,1-4H3/t17-,20-,21+,22+,23+,24+,25+,26+,27-,28-/m1/s1. The Hall–Kier alpha value is -1.01. The highest BCUT2D eigenvalue weighted by atomic mass is 16.7. The first-order chi connectivity index (χ1) is 15.5. The number of allylic oxidation sites excluding steroid dienone is 4. The summed E-state index contributed by atoms with van der Waals surface area (Å²) < 4.78 is 13.1. The molecular weight excluding hydrogens is 416 g/mol. The van der Waals surface area contributed by atoms with E-state index >= 15 is 0 Å². The Kier molecular flexibility index (Phi) is 4.63. The van der Waals surface area contributed by atoms with Gasteiger partial charge in [0.05, 0.1) is 19.3 Å². The first-order valence-corrected chi connectivity index (χ1v) is 13.1. The van der Waals surface area contributed by atoms with Crippen LogP contribution < -0.4 is 0 Å². The van der Waals surface area contributed by atoms with E-state index in [-0.39, 0.29) is 40.7 Å². The Morgan fingerprint density at radius 1 is 1.12 bits per heavy atom. The smallest absolute Gasteiger partial charge is 0.174 e. The molecule has 2 saturated heterocycles. The molecule has 4 fully saturated rings. The summed E-state index contributed by atoms with van der Waals surface area (Å²) in [5, 5.41) is 22.2. The zero-order valence-corrected chi connectivity index (χ0v) is 20.6. The summed E-state index contributed by atoms with van der Waals surface area (Å²) >= 11 is 0. The molecule has 5 nitrogen and oxygen atoms in total. The maximum atomic E-state index is 12.4. The summed E-state index contributed by atoms with van der Waals surface area (Å²) in [6.45, 7) is 9.44. The predicted octanol–water partition coefficient (Wildman–Crippen LogP) is 4.18. The summed E-state index contributed by atoms with van der Waals surface area (Å²) in [7, 11) is 0. The fourth-order valence-corrected chi connectivity index (χ4v) is 9.10. The van der Waals surface area contributed by atoms with Crippen molar-refractivity contribution in [3.8, 4) is 0 Å². The number of ketones is 1. The molecule has 0 bridgehead atoms. The van der Waals surface area contributed by atoms with Crippen LogP contribution in [0.5, 0.6) is 0 Å². The number of aliphatic hydroxyl groups is 2. The summed E-state index contributed by atoms with van der Waals surface area (Å²) in [4.78, 5) is 12.1. The zero-order valence-electron chi connectivity index (χ0n) is 20.6. The van der Waals surface area contributed by atoms with Crippen LogP contribution in [0, 0.1) is 39.9 Å². The van der Waals surface area contributed by atoms with Gasteiger partial charge in [-0.15, -0.1) is 0 Å². The first-order valence-electron chi connectivity index (χ1n) is 13.1. The van der Waals surface area contributed by atoms with Crippen molar-refractivity contribution >= 4 is 5.78 Å². The van der Waals surface area contributed by atoms with E-state index in [4.69, 9.17) is 9.47 Å². The molecule has 5 heteroatoms. The lowest BCUT2D eigenvalue weighted by molar-refractivity contribution is -0.288. The van der Waals surface area contributed by atoms with Crippen molar-refractivity contribution < 1.29 is 24.5 Å². The molecule has 182 valence electrons. The molecule has 0 aromatic heterocycles. The van der Waals surface area contributed by atoms with Gasteiger partial charge in [0.25, 0.3) is 0 Å². The molecule has 2 saturated carbocycles. The Labute approximate surface area is 197 Å². The third kappa shape index (κ3) is 2.66. The molecular formula is C28H40O5. The number of fused-ring (bicyclic) bond motifs is 7. The molecule has 2 N–H and O–H groups in total. The van der Waals surface area contributed by atoms with Gasteiger partial charge in [0.15, 0.2) is 11.6 Å². The minimum Gasteiger partial charge on any atom is -0.396 e. The lowest BCUT2D eigenvalue weighted by Gasteiger charge is -2.58. The molecule has 0 amide bonds. The third-order valence-electron chi connectivity index (χ3n) is 11.6. The van der Waals surface area contributed by atoms with E-state index in [0.29, 0.717) is 30.8 Å². The average Bonchev–Trinajstić information content (AvgIpc) is 3.15. The van der Waals surface area contributed by atoms with Crippen LogP contribution in [0.3, 0.4) is 0 Å². The fraction of sp³-hybridized carbons (Fsp3) is 0.821. The third-order valence-corrected chi connectivity index (χ3v) is 11.6. The number of rotatable bonds is 1. The molecule has 0 aromatic carbocycles. The molecule has 0 aromatic rings. The fourth-order valence-electron chi connectivity index (χ4n) is 9.10. The van der Waals surface area contributed by atoms with Crippen LogP contribution in [0.1, 0.15) is 72.6 Å². The van der Waals surface area contributed by atoms with Gasteiger partial charge < -0.3 is 19.7 Å². The molecule has 6 rings (SSSR count). The minimum absolute atomic E-state index is 0.0594. The topological polar surface area (TPSA) is 76.0 Å². The van der Waals surface area contributed by atoms with Crippen LogP contribution in [0.25, 0.3) is 0 Å². The van der Waals surface area contributed by atoms with Crippen LogP contribution in [-0.4, -0.2) is 46.7 Å². The van der Waals surface area contributed by atoms with E-state index in [1.54, 1.807) is 0 Å². The largest absolute Gasteiger partial charge is 0.396 e. The number of carbonyl (C=O) groups excluding carboxylic acids is 1. The van der Waals surface area contributed by atoms with E-state index in [0.717, 1.165) is 38.5 Å². The second-order valence-corrected chi connectivity index (χ2v) is 13.0. The maximum Gasteiger partial charge on any atom is 0.174 e. The highest BCUT2D eigenvalue weighted by molar-refractivity contribution is 5.92. The quantitative estimate of drug-likeness (QED) is 0.619. The second-order valence-electron chi connectivity index (χ2n) is 13.0. The van der Waals surface area contributed by atoms with Gasteiger partial charge in [0.1, 0.15) is 5.60 Å². The molecule has 4 aliphatic carbocycles. The Morgan fingerprint density at radius 2 is 1.91 bits per heavy atom. The number of carbonyl (C=O) groups is 1. The summed E-state index contributed by atoms with van der Waals surface area (Å²) in [6, 6.07) is 0. The van der Waals surface area contributed by atoms with Crippen molar-refractivity contribution in [2.24, 2.45) is 39.9 Å². The molecule has 2 heterocycles. The highest BCUT2D eigenvalue weighted by Gasteiger charge is 2.76. The Bertz CT molecular complexity index is 929. The van der Waals surface area contributed by atoms with Gasteiger partial charge in [-0.05, 0) is 66.9 Å². The van der Waals surface area contributed by atoms with Crippen LogP contribution >= 0.6 is 0 Å². The van der Waals surface area contributed by atoms with E-state index in [9.17, 15) is 15.0 Å². The highest BCUT2D eigenvalue weighted by Crippen LogP contribution is 2.71. The second kappa shape index (κ2) is 6.81. The van der Waals surface area contributed by atoms with Gasteiger partial charge >= 0.3 is 0 Å². The normalized spacial score (nSPS) is 57.3. The van der Waals surface area contributed by atoms with Crippen LogP contribution in [0.4, 0.5) is 0 Å². The van der Waals surface area contributed by atoms with Gasteiger partial charge in [0, 0.05) is 29.6 Å². The van der Waals surface area contributed by atoms with Gasteiger partial charge in [-0.25, -0.2) is 0 Å². The van der Waals surface area contributed by atoms with Crippen molar-refractivity contribution in [3.63, 3.8) is 0 Å². The molecule has 2 aliphatic heterocycles. The lowest BCUT2D eigenvalue weighted by atomic mass is 9.47. The van der Waals surface area contributed by atoms with Crippen LogP contribution in [0.2, 0.25) is 0 Å². The maximum absolute atomic E-state index is 12.4. The Morgan fingerprint density at radius 3 is 2.61 bits per heavy atom. The van der Waals surface area contributed by atoms with Gasteiger partial charge in [-0.3, -0.25) is 4.79 Å². The van der Waals surface area contributed by atoms with Crippen molar-refractivity contribution in [1.82, 2.24) is 0 Å².